The topological polar surface area (TPSA) is 78.9 Å². The molecule has 1 aliphatic carbocycles. The van der Waals surface area contributed by atoms with Gasteiger partial charge in [-0.05, 0) is 34.1 Å². The second kappa shape index (κ2) is 6.22. The van der Waals surface area contributed by atoms with Crippen LogP contribution in [0, 0.1) is 5.41 Å². The van der Waals surface area contributed by atoms with Gasteiger partial charge in [-0.3, -0.25) is 4.79 Å². The summed E-state index contributed by atoms with van der Waals surface area (Å²) in [5.41, 5.74) is -0.686. The third-order valence-corrected chi connectivity index (χ3v) is 4.19. The molecule has 2 N–H and O–H groups in total. The van der Waals surface area contributed by atoms with Crippen molar-refractivity contribution in [3.63, 3.8) is 0 Å². The van der Waals surface area contributed by atoms with Crippen LogP contribution in [-0.4, -0.2) is 52.8 Å². The summed E-state index contributed by atoms with van der Waals surface area (Å²) < 4.78 is 5.64. The van der Waals surface area contributed by atoms with E-state index in [0.717, 1.165) is 6.42 Å². The van der Waals surface area contributed by atoms with E-state index < -0.39 is 11.5 Å². The summed E-state index contributed by atoms with van der Waals surface area (Å²) in [5.74, 6) is -1.01. The highest BCUT2D eigenvalue weighted by atomic mass is 16.5. The lowest BCUT2D eigenvalue weighted by molar-refractivity contribution is -0.139. The van der Waals surface area contributed by atoms with Gasteiger partial charge >= 0.3 is 12.0 Å². The van der Waals surface area contributed by atoms with Crippen molar-refractivity contribution in [1.82, 2.24) is 10.2 Å². The molecule has 0 aliphatic heterocycles. The van der Waals surface area contributed by atoms with Crippen molar-refractivity contribution in [3.05, 3.63) is 0 Å². The van der Waals surface area contributed by atoms with Crippen LogP contribution in [0.5, 0.6) is 0 Å². The van der Waals surface area contributed by atoms with Crippen LogP contribution in [-0.2, 0) is 9.53 Å². The number of urea groups is 1. The molecule has 0 aromatic carbocycles. The average Bonchev–Trinajstić information content (AvgIpc) is 2.33. The van der Waals surface area contributed by atoms with Crippen LogP contribution >= 0.6 is 0 Å². The molecule has 0 radical (unpaired) electrons. The van der Waals surface area contributed by atoms with Crippen molar-refractivity contribution in [3.8, 4) is 0 Å². The normalized spacial score (nSPS) is 24.1. The zero-order chi connectivity index (χ0) is 16.4. The fraction of sp³-hybridized carbons (Fsp3) is 0.867. The van der Waals surface area contributed by atoms with Crippen LogP contribution in [0.25, 0.3) is 0 Å². The summed E-state index contributed by atoms with van der Waals surface area (Å²) in [6.07, 6.45) is 0.896. The number of rotatable bonds is 5. The van der Waals surface area contributed by atoms with Crippen LogP contribution in [0.3, 0.4) is 0 Å². The van der Waals surface area contributed by atoms with Gasteiger partial charge in [0, 0.05) is 23.6 Å². The summed E-state index contributed by atoms with van der Waals surface area (Å²) in [5, 5.41) is 11.9. The Balaban J connectivity index is 2.69. The van der Waals surface area contributed by atoms with Gasteiger partial charge in [0.15, 0.2) is 0 Å². The molecule has 21 heavy (non-hydrogen) atoms. The Bertz CT molecular complexity index is 401. The van der Waals surface area contributed by atoms with E-state index in [1.54, 1.807) is 0 Å². The molecule has 0 aromatic rings. The van der Waals surface area contributed by atoms with Gasteiger partial charge in [0.2, 0.25) is 0 Å². The molecule has 0 heterocycles. The van der Waals surface area contributed by atoms with E-state index in [0.29, 0.717) is 6.61 Å². The summed E-state index contributed by atoms with van der Waals surface area (Å²) in [4.78, 5) is 24.7. The first-order valence-electron chi connectivity index (χ1n) is 7.41. The molecule has 6 nitrogen and oxygen atoms in total. The molecule has 1 rings (SSSR count). The quantitative estimate of drug-likeness (QED) is 0.815. The minimum Gasteiger partial charge on any atom is -0.480 e. The van der Waals surface area contributed by atoms with Crippen LogP contribution in [0.15, 0.2) is 0 Å². The fourth-order valence-electron chi connectivity index (χ4n) is 2.59. The number of carboxylic acids is 1. The Labute approximate surface area is 126 Å². The molecule has 6 heteroatoms. The average molecular weight is 300 g/mol. The summed E-state index contributed by atoms with van der Waals surface area (Å²) in [7, 11) is 0. The van der Waals surface area contributed by atoms with Crippen molar-refractivity contribution < 1.29 is 19.4 Å². The number of carbonyl (C=O) groups excluding carboxylic acids is 1. The molecule has 1 aliphatic rings. The van der Waals surface area contributed by atoms with E-state index in [-0.39, 0.29) is 30.1 Å². The number of nitrogens with one attached hydrogen (secondary N) is 1. The predicted molar refractivity (Wildman–Crippen MR) is 80.2 cm³/mol. The van der Waals surface area contributed by atoms with E-state index in [1.165, 1.54) is 4.90 Å². The molecule has 0 saturated heterocycles. The standard InChI is InChI=1S/C15H28N2O4/c1-7-21-11-8-10(15(11,5)6)16-13(20)17(9-12(18)19)14(2,3)4/h10-11H,7-9H2,1-6H3,(H,16,20)(H,18,19). The molecule has 2 unspecified atom stereocenters. The van der Waals surface area contributed by atoms with Gasteiger partial charge < -0.3 is 20.1 Å². The fourth-order valence-corrected chi connectivity index (χ4v) is 2.59. The Morgan fingerprint density at radius 3 is 2.33 bits per heavy atom. The van der Waals surface area contributed by atoms with Crippen LogP contribution in [0.4, 0.5) is 4.79 Å². The van der Waals surface area contributed by atoms with E-state index in [1.807, 2.05) is 27.7 Å². The third kappa shape index (κ3) is 4.09. The molecule has 122 valence electrons. The Morgan fingerprint density at radius 2 is 1.95 bits per heavy atom. The molecule has 0 aromatic heterocycles. The van der Waals surface area contributed by atoms with Crippen LogP contribution in [0.1, 0.15) is 48.0 Å². The molecule has 1 saturated carbocycles. The zero-order valence-corrected chi connectivity index (χ0v) is 13.9. The number of ether oxygens (including phenoxy) is 1. The van der Waals surface area contributed by atoms with Gasteiger partial charge in [-0.25, -0.2) is 4.79 Å². The van der Waals surface area contributed by atoms with Crippen LogP contribution < -0.4 is 5.32 Å². The minimum absolute atomic E-state index is 0.000180. The number of nitrogens with zero attached hydrogens (tertiary/aromatic N) is 1. The number of carboxylic acid groups (broad SMARTS) is 1. The smallest absolute Gasteiger partial charge is 0.323 e. The number of hydrogen-bond acceptors (Lipinski definition) is 3. The van der Waals surface area contributed by atoms with E-state index in [4.69, 9.17) is 9.84 Å². The number of amides is 2. The maximum absolute atomic E-state index is 12.4. The van der Waals surface area contributed by atoms with Gasteiger partial charge in [-0.1, -0.05) is 13.8 Å². The Morgan fingerprint density at radius 1 is 1.38 bits per heavy atom. The summed E-state index contributed by atoms with van der Waals surface area (Å²) in [6, 6.07) is -0.335. The summed E-state index contributed by atoms with van der Waals surface area (Å²) in [6.45, 7) is 11.9. The maximum Gasteiger partial charge on any atom is 0.323 e. The molecule has 0 bridgehead atoms. The second-order valence-corrected chi connectivity index (χ2v) is 7.15. The van der Waals surface area contributed by atoms with Gasteiger partial charge in [0.05, 0.1) is 6.10 Å². The van der Waals surface area contributed by atoms with Crippen molar-refractivity contribution in [2.45, 2.75) is 65.6 Å². The highest BCUT2D eigenvalue weighted by Gasteiger charge is 2.50. The molecule has 2 amide bonds. The van der Waals surface area contributed by atoms with Gasteiger partial charge in [0.25, 0.3) is 0 Å². The number of aliphatic carboxylic acids is 1. The Kier molecular flexibility index (Phi) is 5.25. The number of hydrogen-bond donors (Lipinski definition) is 2. The molecule has 0 spiro atoms. The maximum atomic E-state index is 12.4. The van der Waals surface area contributed by atoms with Crippen molar-refractivity contribution >= 4 is 12.0 Å². The minimum atomic E-state index is -1.01. The first-order chi connectivity index (χ1) is 9.50. The predicted octanol–water partition coefficient (Wildman–Crippen LogP) is 2.08. The van der Waals surface area contributed by atoms with E-state index in [9.17, 15) is 9.59 Å². The van der Waals surface area contributed by atoms with E-state index in [2.05, 4.69) is 19.2 Å². The zero-order valence-electron chi connectivity index (χ0n) is 13.9. The first kappa shape index (κ1) is 17.8. The molecule has 2 atom stereocenters. The lowest BCUT2D eigenvalue weighted by Gasteiger charge is -2.52. The SMILES string of the molecule is CCOC1CC(NC(=O)N(CC(=O)O)C(C)(C)C)C1(C)C. The highest BCUT2D eigenvalue weighted by molar-refractivity contribution is 5.81. The van der Waals surface area contributed by atoms with Crippen LogP contribution in [0.2, 0.25) is 0 Å². The first-order valence-corrected chi connectivity index (χ1v) is 7.41. The monoisotopic (exact) mass is 300 g/mol. The number of carbonyl (C=O) groups is 2. The Hall–Kier alpha value is -1.30. The summed E-state index contributed by atoms with van der Waals surface area (Å²) >= 11 is 0. The van der Waals surface area contributed by atoms with Crippen molar-refractivity contribution in [2.24, 2.45) is 5.41 Å². The largest absolute Gasteiger partial charge is 0.480 e. The molecular formula is C15H28N2O4. The van der Waals surface area contributed by atoms with Crippen molar-refractivity contribution in [2.75, 3.05) is 13.2 Å². The van der Waals surface area contributed by atoms with Crippen molar-refractivity contribution in [1.29, 1.82) is 0 Å². The molecule has 1 fully saturated rings. The second-order valence-electron chi connectivity index (χ2n) is 7.15. The third-order valence-electron chi connectivity index (χ3n) is 4.19. The van der Waals surface area contributed by atoms with Gasteiger partial charge in [0.1, 0.15) is 6.54 Å². The lowest BCUT2D eigenvalue weighted by Crippen LogP contribution is -2.65. The van der Waals surface area contributed by atoms with E-state index >= 15 is 0 Å². The van der Waals surface area contributed by atoms with Gasteiger partial charge in [-0.15, -0.1) is 0 Å². The highest BCUT2D eigenvalue weighted by Crippen LogP contribution is 2.42. The molecular weight excluding hydrogens is 272 g/mol. The van der Waals surface area contributed by atoms with Gasteiger partial charge in [-0.2, -0.15) is 0 Å². The lowest BCUT2D eigenvalue weighted by atomic mass is 9.64.